The van der Waals surface area contributed by atoms with E-state index in [1.807, 2.05) is 25.7 Å². The van der Waals surface area contributed by atoms with Gasteiger partial charge in [-0.15, -0.1) is 12.3 Å². The van der Waals surface area contributed by atoms with Crippen molar-refractivity contribution in [1.82, 2.24) is 20.7 Å². The Kier molecular flexibility index (Phi) is 15.0. The van der Waals surface area contributed by atoms with Gasteiger partial charge in [-0.3, -0.25) is 19.8 Å². The first kappa shape index (κ1) is 34.1. The lowest BCUT2D eigenvalue weighted by Crippen LogP contribution is -2.54. The fraction of sp³-hybridized carbons (Fsp3) is 0.844. The zero-order valence-electron chi connectivity index (χ0n) is 25.8. The molecular formula is C32H56N4O4. The third-order valence-corrected chi connectivity index (χ3v) is 8.65. The molecule has 2 saturated carbocycles. The highest BCUT2D eigenvalue weighted by atomic mass is 16.3. The van der Waals surface area contributed by atoms with Gasteiger partial charge in [-0.05, 0) is 44.4 Å². The highest BCUT2D eigenvalue weighted by molar-refractivity contribution is 5.83. The summed E-state index contributed by atoms with van der Waals surface area (Å²) in [5, 5.41) is 16.3. The number of hydrogen-bond acceptors (Lipinski definition) is 5. The Bertz CT molecular complexity index is 829. The number of carbonyl (C=O) groups is 3. The lowest BCUT2D eigenvalue weighted by molar-refractivity contribution is -0.139. The maximum absolute atomic E-state index is 13.7. The number of hydrazine groups is 1. The molecule has 8 heteroatoms. The second-order valence-corrected chi connectivity index (χ2v) is 12.4. The highest BCUT2D eigenvalue weighted by Crippen LogP contribution is 2.35. The maximum Gasteiger partial charge on any atom is 0.236 e. The van der Waals surface area contributed by atoms with Gasteiger partial charge in [0.2, 0.25) is 17.7 Å². The number of nitrogens with one attached hydrogen (secondary N) is 2. The van der Waals surface area contributed by atoms with Crippen molar-refractivity contribution in [3.63, 3.8) is 0 Å². The van der Waals surface area contributed by atoms with Crippen LogP contribution in [0.25, 0.3) is 0 Å². The van der Waals surface area contributed by atoms with Crippen molar-refractivity contribution in [2.75, 3.05) is 26.2 Å². The zero-order chi connectivity index (χ0) is 29.7. The molecule has 0 aromatic carbocycles. The maximum atomic E-state index is 13.7. The Morgan fingerprint density at radius 3 is 2.15 bits per heavy atom. The summed E-state index contributed by atoms with van der Waals surface area (Å²) < 4.78 is 0. The predicted molar refractivity (Wildman–Crippen MR) is 160 cm³/mol. The first-order chi connectivity index (χ1) is 19.1. The van der Waals surface area contributed by atoms with Crippen LogP contribution < -0.4 is 10.7 Å². The van der Waals surface area contributed by atoms with Gasteiger partial charge >= 0.3 is 0 Å². The van der Waals surface area contributed by atoms with E-state index in [0.717, 1.165) is 38.8 Å². The van der Waals surface area contributed by atoms with E-state index in [4.69, 9.17) is 6.42 Å². The SMILES string of the molecule is C#CC1CC(C(=O)NC(CC2CCCCC2)C(O)CN(CC)NC(=O)C(C)C)CC(C(=O)N(CCC)CCC)C1. The Balaban J connectivity index is 2.16. The third-order valence-electron chi connectivity index (χ3n) is 8.65. The standard InChI is InChI=1S/C32H56N4O4/c1-7-16-35(17-8-2)32(40)27-19-24(9-3)18-26(21-27)31(39)33-28(20-25-14-12-11-13-15-25)29(37)22-36(10-4)34-30(38)23(5)6/h3,23-29,37H,7-8,10-22H2,1-2,4-6H3,(H,33,39)(H,34,38). The van der Waals surface area contributed by atoms with Gasteiger partial charge in [0.05, 0.1) is 12.1 Å². The quantitative estimate of drug-likeness (QED) is 0.207. The highest BCUT2D eigenvalue weighted by Gasteiger charge is 2.38. The van der Waals surface area contributed by atoms with Crippen LogP contribution in [0, 0.1) is 41.9 Å². The third kappa shape index (κ3) is 10.7. The number of carbonyl (C=O) groups excluding carboxylic acids is 3. The molecule has 2 fully saturated rings. The number of likely N-dealkylation sites (N-methyl/N-ethyl adjacent to an activating group) is 1. The van der Waals surface area contributed by atoms with Gasteiger partial charge in [0.25, 0.3) is 0 Å². The fourth-order valence-electron chi connectivity index (χ4n) is 6.29. The van der Waals surface area contributed by atoms with Crippen LogP contribution in [0.5, 0.6) is 0 Å². The van der Waals surface area contributed by atoms with Gasteiger partial charge in [0.1, 0.15) is 0 Å². The normalized spacial score (nSPS) is 23.3. The molecule has 5 unspecified atom stereocenters. The second kappa shape index (κ2) is 17.6. The molecule has 0 radical (unpaired) electrons. The smallest absolute Gasteiger partial charge is 0.236 e. The molecule has 2 aliphatic carbocycles. The Morgan fingerprint density at radius 2 is 1.60 bits per heavy atom. The molecule has 8 nitrogen and oxygen atoms in total. The molecule has 0 bridgehead atoms. The molecule has 0 saturated heterocycles. The predicted octanol–water partition coefficient (Wildman–Crippen LogP) is 4.13. The molecule has 2 rings (SSSR count). The lowest BCUT2D eigenvalue weighted by Gasteiger charge is -2.37. The van der Waals surface area contributed by atoms with Gasteiger partial charge in [0, 0.05) is 49.9 Å². The van der Waals surface area contributed by atoms with Crippen LogP contribution in [0.1, 0.15) is 105 Å². The van der Waals surface area contributed by atoms with Crippen molar-refractivity contribution in [3.05, 3.63) is 0 Å². The fourth-order valence-corrected chi connectivity index (χ4v) is 6.29. The monoisotopic (exact) mass is 560 g/mol. The van der Waals surface area contributed by atoms with Crippen LogP contribution in [0.3, 0.4) is 0 Å². The molecule has 0 spiro atoms. The zero-order valence-corrected chi connectivity index (χ0v) is 25.8. The molecule has 0 aromatic heterocycles. The molecule has 228 valence electrons. The van der Waals surface area contributed by atoms with Gasteiger partial charge in [-0.25, -0.2) is 5.01 Å². The van der Waals surface area contributed by atoms with Gasteiger partial charge in [-0.2, -0.15) is 0 Å². The first-order valence-electron chi connectivity index (χ1n) is 15.9. The molecule has 3 amide bonds. The molecule has 0 aromatic rings. The summed E-state index contributed by atoms with van der Waals surface area (Å²) in [5.41, 5.74) is 2.89. The summed E-state index contributed by atoms with van der Waals surface area (Å²) in [5.74, 6) is 2.27. The van der Waals surface area contributed by atoms with Crippen LogP contribution in [-0.4, -0.2) is 71.1 Å². The van der Waals surface area contributed by atoms with Crippen molar-refractivity contribution in [3.8, 4) is 12.3 Å². The average molecular weight is 561 g/mol. The summed E-state index contributed by atoms with van der Waals surface area (Å²) in [6.07, 6.45) is 15.0. The summed E-state index contributed by atoms with van der Waals surface area (Å²) in [6, 6.07) is -0.433. The molecule has 2 aliphatic rings. The number of nitrogens with zero attached hydrogens (tertiary/aromatic N) is 2. The van der Waals surface area contributed by atoms with E-state index in [1.54, 1.807) is 5.01 Å². The topological polar surface area (TPSA) is 102 Å². The van der Waals surface area contributed by atoms with Gasteiger partial charge in [-0.1, -0.05) is 66.7 Å². The van der Waals surface area contributed by atoms with Gasteiger partial charge < -0.3 is 15.3 Å². The number of terminal acetylenes is 1. The minimum absolute atomic E-state index is 0.0969. The van der Waals surface area contributed by atoms with Crippen LogP contribution >= 0.6 is 0 Å². The Labute approximate surface area is 243 Å². The minimum atomic E-state index is -0.840. The van der Waals surface area contributed by atoms with Crippen LogP contribution in [0.4, 0.5) is 0 Å². The van der Waals surface area contributed by atoms with Crippen LogP contribution in [0.15, 0.2) is 0 Å². The molecule has 0 aliphatic heterocycles. The Hall–Kier alpha value is -2.11. The Morgan fingerprint density at radius 1 is 0.975 bits per heavy atom. The molecule has 40 heavy (non-hydrogen) atoms. The second-order valence-electron chi connectivity index (χ2n) is 12.4. The van der Waals surface area contributed by atoms with Crippen molar-refractivity contribution in [1.29, 1.82) is 0 Å². The van der Waals surface area contributed by atoms with E-state index in [9.17, 15) is 19.5 Å². The molecule has 5 atom stereocenters. The van der Waals surface area contributed by atoms with E-state index in [0.29, 0.717) is 38.1 Å². The van der Waals surface area contributed by atoms with Gasteiger partial charge in [0.15, 0.2) is 0 Å². The van der Waals surface area contributed by atoms with Crippen LogP contribution in [-0.2, 0) is 14.4 Å². The van der Waals surface area contributed by atoms with Crippen molar-refractivity contribution < 1.29 is 19.5 Å². The summed E-state index contributed by atoms with van der Waals surface area (Å²) in [7, 11) is 0. The van der Waals surface area contributed by atoms with E-state index < -0.39 is 12.1 Å². The summed E-state index contributed by atoms with van der Waals surface area (Å²) in [6.45, 7) is 12.0. The first-order valence-corrected chi connectivity index (χ1v) is 15.9. The number of hydrogen-bond donors (Lipinski definition) is 3. The largest absolute Gasteiger partial charge is 0.390 e. The van der Waals surface area contributed by atoms with E-state index in [2.05, 4.69) is 30.5 Å². The van der Waals surface area contributed by atoms with Crippen molar-refractivity contribution in [2.24, 2.45) is 29.6 Å². The molecular weight excluding hydrogens is 504 g/mol. The molecule has 3 N–H and O–H groups in total. The lowest BCUT2D eigenvalue weighted by atomic mass is 9.74. The number of aliphatic hydroxyl groups excluding tert-OH is 1. The average Bonchev–Trinajstić information content (AvgIpc) is 2.95. The van der Waals surface area contributed by atoms with Crippen LogP contribution in [0.2, 0.25) is 0 Å². The number of amides is 3. The van der Waals surface area contributed by atoms with E-state index in [-0.39, 0.29) is 47.9 Å². The van der Waals surface area contributed by atoms with E-state index >= 15 is 0 Å². The number of aliphatic hydroxyl groups is 1. The van der Waals surface area contributed by atoms with E-state index in [1.165, 1.54) is 19.3 Å². The minimum Gasteiger partial charge on any atom is -0.390 e. The van der Waals surface area contributed by atoms with Crippen molar-refractivity contribution in [2.45, 2.75) is 117 Å². The molecule has 0 heterocycles. The summed E-state index contributed by atoms with van der Waals surface area (Å²) >= 11 is 0. The summed E-state index contributed by atoms with van der Waals surface area (Å²) in [4.78, 5) is 41.4. The number of rotatable bonds is 15. The van der Waals surface area contributed by atoms with Crippen molar-refractivity contribution >= 4 is 17.7 Å².